The summed E-state index contributed by atoms with van der Waals surface area (Å²) in [7, 11) is 0. The van der Waals surface area contributed by atoms with Gasteiger partial charge in [0.1, 0.15) is 12.6 Å². The van der Waals surface area contributed by atoms with Crippen LogP contribution in [0.2, 0.25) is 0 Å². The van der Waals surface area contributed by atoms with Gasteiger partial charge in [-0.1, -0.05) is 25.2 Å². The first kappa shape index (κ1) is 20.5. The number of nitrogens with zero attached hydrogens (tertiary/aromatic N) is 1. The Balaban J connectivity index is 4.42. The lowest BCUT2D eigenvalue weighted by Gasteiger charge is -2.16. The van der Waals surface area contributed by atoms with Crippen LogP contribution in [-0.2, 0) is 44.4 Å². The number of thiol groups is 1. The molecule has 2 unspecified atom stereocenters. The highest BCUT2D eigenvalue weighted by Crippen LogP contribution is 2.02. The highest BCUT2D eigenvalue weighted by Gasteiger charge is 2.26. The molecular weight excluding hydrogens is 354 g/mol. The second kappa shape index (κ2) is 10.2. The van der Waals surface area contributed by atoms with E-state index in [1.54, 1.807) is 0 Å². The molecule has 4 N–H and O–H groups in total. The van der Waals surface area contributed by atoms with Crippen LogP contribution in [0.4, 0.5) is 0 Å². The van der Waals surface area contributed by atoms with Crippen molar-refractivity contribution >= 4 is 61.6 Å². The lowest BCUT2D eigenvalue weighted by atomic mass is 10.1. The predicted octanol–water partition coefficient (Wildman–Crippen LogP) is -1.96. The van der Waals surface area contributed by atoms with Crippen LogP contribution in [0.3, 0.4) is 0 Å². The molecule has 0 aliphatic heterocycles. The maximum Gasteiger partial charge on any atom is 0.372 e. The highest BCUT2D eigenvalue weighted by molar-refractivity contribution is 7.80. The Morgan fingerprint density at radius 1 is 1.27 bits per heavy atom. The van der Waals surface area contributed by atoms with Crippen molar-refractivity contribution < 1.29 is 32.7 Å². The molecule has 0 spiro atoms. The van der Waals surface area contributed by atoms with Gasteiger partial charge >= 0.3 is 11.9 Å². The molecular formula is C10H15N3O6S3. The molecule has 0 rings (SSSR count). The molecule has 0 aromatic heterocycles. The zero-order valence-electron chi connectivity index (χ0n) is 11.2. The molecule has 0 heterocycles. The molecule has 2 atom stereocenters. The van der Waals surface area contributed by atoms with Crippen LogP contribution in [0.15, 0.2) is 0 Å². The number of amides is 2. The van der Waals surface area contributed by atoms with Gasteiger partial charge in [-0.15, -0.1) is 0 Å². The molecule has 22 heavy (non-hydrogen) atoms. The van der Waals surface area contributed by atoms with E-state index >= 15 is 0 Å². The second-order valence-electron chi connectivity index (χ2n) is 4.09. The topological polar surface area (TPSA) is 136 Å². The van der Waals surface area contributed by atoms with Gasteiger partial charge in [0.2, 0.25) is 17.9 Å². The molecule has 0 aliphatic carbocycles. The summed E-state index contributed by atoms with van der Waals surface area (Å²) in [6.07, 6.45) is -0.332. The first-order valence-corrected chi connectivity index (χ1v) is 7.31. The van der Waals surface area contributed by atoms with Gasteiger partial charge in [0.05, 0.1) is 0 Å². The molecule has 0 saturated carbocycles. The maximum absolute atomic E-state index is 11.7. The van der Waals surface area contributed by atoms with Gasteiger partial charge in [0.15, 0.2) is 0 Å². The fourth-order valence-electron chi connectivity index (χ4n) is 1.33. The molecule has 0 aliphatic rings. The summed E-state index contributed by atoms with van der Waals surface area (Å²) in [5.41, 5.74) is 0. The average molecular weight is 369 g/mol. The molecule has 0 aromatic carbocycles. The van der Waals surface area contributed by atoms with Crippen molar-refractivity contribution in [3.8, 4) is 0 Å². The maximum atomic E-state index is 11.7. The van der Waals surface area contributed by atoms with Crippen molar-refractivity contribution in [1.82, 2.24) is 10.6 Å². The minimum absolute atomic E-state index is 0.0479. The van der Waals surface area contributed by atoms with E-state index in [4.69, 9.17) is 10.2 Å². The number of aliphatic carboxylic acids is 2. The van der Waals surface area contributed by atoms with Crippen LogP contribution in [0.1, 0.15) is 12.8 Å². The van der Waals surface area contributed by atoms with Crippen LogP contribution in [0, 0.1) is 0 Å². The number of carbonyl (C=O) groups excluding carboxylic acids is 2. The lowest BCUT2D eigenvalue weighted by Crippen LogP contribution is -2.49. The van der Waals surface area contributed by atoms with Crippen molar-refractivity contribution in [3.05, 3.63) is 0 Å². The summed E-state index contributed by atoms with van der Waals surface area (Å²) >= 11 is 13.0. The van der Waals surface area contributed by atoms with Gasteiger partial charge in [0.25, 0.3) is 0 Å². The Hall–Kier alpha value is -1.53. The van der Waals surface area contributed by atoms with Gasteiger partial charge in [-0.25, -0.2) is 8.15 Å². The van der Waals surface area contributed by atoms with Gasteiger partial charge in [-0.3, -0.25) is 14.4 Å². The monoisotopic (exact) mass is 369 g/mol. The summed E-state index contributed by atoms with van der Waals surface area (Å²) < 4.78 is 0.644. The van der Waals surface area contributed by atoms with Gasteiger partial charge in [-0.05, 0) is 0 Å². The third-order valence-corrected chi connectivity index (χ3v) is 3.31. The van der Waals surface area contributed by atoms with Crippen LogP contribution in [-0.4, -0.2) is 61.7 Å². The zero-order chi connectivity index (χ0) is 17.3. The first-order valence-electron chi connectivity index (χ1n) is 5.95. The van der Waals surface area contributed by atoms with E-state index in [-0.39, 0.29) is 18.6 Å². The average Bonchev–Trinajstić information content (AvgIpc) is 2.41. The largest absolute Gasteiger partial charge is 0.480 e. The Kier molecular flexibility index (Phi) is 9.53. The minimum atomic E-state index is -1.25. The number of carboxylic acids is 2. The van der Waals surface area contributed by atoms with Crippen molar-refractivity contribution in [1.29, 1.82) is 0 Å². The molecule has 124 valence electrons. The van der Waals surface area contributed by atoms with Crippen molar-refractivity contribution in [2.45, 2.75) is 24.9 Å². The predicted molar refractivity (Wildman–Crippen MR) is 82.1 cm³/mol. The lowest BCUT2D eigenvalue weighted by molar-refractivity contribution is -0.357. The first-order chi connectivity index (χ1) is 10.2. The van der Waals surface area contributed by atoms with Crippen molar-refractivity contribution in [3.63, 3.8) is 0 Å². The molecule has 0 aromatic rings. The fraction of sp³-hybridized carbons (Fsp3) is 0.600. The van der Waals surface area contributed by atoms with Gasteiger partial charge in [-0.2, -0.15) is 12.6 Å². The van der Waals surface area contributed by atoms with E-state index in [9.17, 15) is 19.2 Å². The van der Waals surface area contributed by atoms with E-state index in [1.807, 2.05) is 0 Å². The quantitative estimate of drug-likeness (QED) is 0.170. The number of hydrogen-bond donors (Lipinski definition) is 5. The summed E-state index contributed by atoms with van der Waals surface area (Å²) in [5.74, 6) is -3.81. The summed E-state index contributed by atoms with van der Waals surface area (Å²) in [6, 6.07) is -2.20. The molecule has 0 fully saturated rings. The highest BCUT2D eigenvalue weighted by atomic mass is 32.2. The third-order valence-electron chi connectivity index (χ3n) is 2.43. The number of nitrogens with one attached hydrogen (secondary N) is 2. The Bertz CT molecular complexity index is 459. The van der Waals surface area contributed by atoms with E-state index in [0.717, 1.165) is 0 Å². The van der Waals surface area contributed by atoms with Gasteiger partial charge in [0, 0.05) is 18.6 Å². The summed E-state index contributed by atoms with van der Waals surface area (Å²) in [5, 5.41) is 21.7. The molecule has 9 nitrogen and oxygen atoms in total. The van der Waals surface area contributed by atoms with Crippen LogP contribution < -0.4 is 10.6 Å². The summed E-state index contributed by atoms with van der Waals surface area (Å²) in [4.78, 5) is 44.5. The Labute approximate surface area is 142 Å². The number of carboxylic acid groups (broad SMARTS) is 2. The van der Waals surface area contributed by atoms with E-state index in [2.05, 4.69) is 48.5 Å². The van der Waals surface area contributed by atoms with E-state index in [1.165, 1.54) is 0 Å². The van der Waals surface area contributed by atoms with Crippen LogP contribution >= 0.6 is 12.6 Å². The smallest absolute Gasteiger partial charge is 0.372 e. The molecule has 2 amide bonds. The molecule has 0 bridgehead atoms. The number of rotatable bonds is 10. The number of carbonyl (C=O) groups is 4. The van der Waals surface area contributed by atoms with E-state index < -0.39 is 42.4 Å². The second-order valence-corrected chi connectivity index (χ2v) is 5.48. The van der Waals surface area contributed by atoms with Crippen LogP contribution in [0.25, 0.3) is 0 Å². The fourth-order valence-corrected chi connectivity index (χ4v) is 1.98. The zero-order valence-corrected chi connectivity index (χ0v) is 13.7. The Morgan fingerprint density at radius 3 is 2.27 bits per heavy atom. The molecule has 0 radical (unpaired) electrons. The Morgan fingerprint density at radius 2 is 1.86 bits per heavy atom. The third kappa shape index (κ3) is 8.05. The standard InChI is InChI=1S/C10H15N3O6S3/c14-7(2-1-6(10(18)19)13(21)22)12-5(4-20)9(17)11-3-8(15)16/h5-6,20H,1-4H2,(H,11,17)(H,12,14)(H,15,16)(H,18,19). The van der Waals surface area contributed by atoms with E-state index in [0.29, 0.717) is 3.35 Å². The molecule has 12 heteroatoms. The summed E-state index contributed by atoms with van der Waals surface area (Å²) in [6.45, 7) is -0.582. The van der Waals surface area contributed by atoms with Gasteiger partial charge < -0.3 is 20.8 Å². The normalized spacial score (nSPS) is 12.8. The number of hydrogen-bond acceptors (Lipinski definition) is 7. The molecule has 0 saturated heterocycles. The van der Waals surface area contributed by atoms with Crippen molar-refractivity contribution in [2.24, 2.45) is 0 Å². The SMILES string of the molecule is O=C(O)CNC(=O)C(CS)NC(=O)CCC(C(=O)O)[N+](=S)[S-]. The van der Waals surface area contributed by atoms with Crippen LogP contribution in [0.5, 0.6) is 0 Å². The van der Waals surface area contributed by atoms with Crippen molar-refractivity contribution in [2.75, 3.05) is 12.3 Å². The minimum Gasteiger partial charge on any atom is -0.480 e.